The molecule has 2 unspecified atom stereocenters. The van der Waals surface area contributed by atoms with Crippen molar-refractivity contribution in [1.82, 2.24) is 0 Å². The van der Waals surface area contributed by atoms with E-state index in [2.05, 4.69) is 6.92 Å². The van der Waals surface area contributed by atoms with Crippen LogP contribution in [0.5, 0.6) is 0 Å². The van der Waals surface area contributed by atoms with Crippen molar-refractivity contribution in [3.63, 3.8) is 0 Å². The van der Waals surface area contributed by atoms with Gasteiger partial charge in [0, 0.05) is 5.56 Å². The van der Waals surface area contributed by atoms with Gasteiger partial charge in [0.15, 0.2) is 5.78 Å². The number of benzene rings is 1. The summed E-state index contributed by atoms with van der Waals surface area (Å²) in [5.41, 5.74) is 2.89. The first kappa shape index (κ1) is 13.8. The second-order valence-electron chi connectivity index (χ2n) is 5.42. The molecule has 0 saturated heterocycles. The molecule has 0 radical (unpaired) electrons. The van der Waals surface area contributed by atoms with Gasteiger partial charge >= 0.3 is 0 Å². The lowest BCUT2D eigenvalue weighted by Crippen LogP contribution is -2.15. The second kappa shape index (κ2) is 5.98. The smallest absolute Gasteiger partial charge is 0.185 e. The molecule has 1 N–H and O–H groups in total. The van der Waals surface area contributed by atoms with E-state index in [-0.39, 0.29) is 11.9 Å². The Kier molecular flexibility index (Phi) is 4.33. The Balaban J connectivity index is 2.06. The lowest BCUT2D eigenvalue weighted by atomic mass is 9.88. The van der Waals surface area contributed by atoms with E-state index in [9.17, 15) is 9.90 Å². The van der Waals surface area contributed by atoms with Gasteiger partial charge in [-0.1, -0.05) is 48.9 Å². The maximum atomic E-state index is 12.0. The number of aryl methyl sites for hydroxylation is 1. The first-order valence-corrected chi connectivity index (χ1v) is 6.72. The van der Waals surface area contributed by atoms with E-state index in [1.807, 2.05) is 43.3 Å². The number of allylic oxidation sites excluding steroid dienone is 3. The lowest BCUT2D eigenvalue weighted by molar-refractivity contribution is 0.104. The van der Waals surface area contributed by atoms with Crippen molar-refractivity contribution >= 4 is 5.78 Å². The number of aliphatic hydroxyl groups is 1. The highest BCUT2D eigenvalue weighted by Crippen LogP contribution is 2.24. The maximum Gasteiger partial charge on any atom is 0.185 e. The molecule has 1 aromatic rings. The molecule has 1 aliphatic rings. The fourth-order valence-electron chi connectivity index (χ4n) is 2.40. The van der Waals surface area contributed by atoms with Crippen molar-refractivity contribution < 1.29 is 9.90 Å². The van der Waals surface area contributed by atoms with E-state index in [0.29, 0.717) is 11.5 Å². The van der Waals surface area contributed by atoms with Crippen molar-refractivity contribution in [2.24, 2.45) is 5.92 Å². The van der Waals surface area contributed by atoms with E-state index in [4.69, 9.17) is 0 Å². The number of rotatable bonds is 3. The monoisotopic (exact) mass is 256 g/mol. The number of aliphatic hydroxyl groups excluding tert-OH is 1. The molecule has 0 amide bonds. The van der Waals surface area contributed by atoms with Crippen molar-refractivity contribution in [2.75, 3.05) is 0 Å². The van der Waals surface area contributed by atoms with Crippen LogP contribution in [0.3, 0.4) is 0 Å². The zero-order valence-corrected chi connectivity index (χ0v) is 11.5. The summed E-state index contributed by atoms with van der Waals surface area (Å²) < 4.78 is 0. The molecule has 2 atom stereocenters. The van der Waals surface area contributed by atoms with Gasteiger partial charge < -0.3 is 5.11 Å². The second-order valence-corrected chi connectivity index (χ2v) is 5.42. The topological polar surface area (TPSA) is 37.3 Å². The molecule has 2 rings (SSSR count). The van der Waals surface area contributed by atoms with E-state index in [1.54, 1.807) is 6.08 Å². The fraction of sp³-hybridized carbons (Fsp3) is 0.353. The average Bonchev–Trinajstić information content (AvgIpc) is 2.36. The van der Waals surface area contributed by atoms with Gasteiger partial charge in [0.05, 0.1) is 6.10 Å². The van der Waals surface area contributed by atoms with Crippen molar-refractivity contribution in [3.05, 3.63) is 59.2 Å². The highest BCUT2D eigenvalue weighted by atomic mass is 16.3. The summed E-state index contributed by atoms with van der Waals surface area (Å²) in [4.78, 5) is 12.0. The lowest BCUT2D eigenvalue weighted by Gasteiger charge is -2.21. The van der Waals surface area contributed by atoms with Gasteiger partial charge in [-0.05, 0) is 37.3 Å². The summed E-state index contributed by atoms with van der Waals surface area (Å²) in [6.07, 6.45) is 6.64. The average molecular weight is 256 g/mol. The summed E-state index contributed by atoms with van der Waals surface area (Å²) in [6.45, 7) is 4.12. The van der Waals surface area contributed by atoms with E-state index in [0.717, 1.165) is 24.0 Å². The normalized spacial score (nSPS) is 23.4. The summed E-state index contributed by atoms with van der Waals surface area (Å²) in [5.74, 6) is 0.475. The summed E-state index contributed by atoms with van der Waals surface area (Å²) in [5, 5.41) is 9.67. The number of hydrogen-bond donors (Lipinski definition) is 1. The molecule has 0 aliphatic heterocycles. The zero-order valence-electron chi connectivity index (χ0n) is 11.5. The minimum Gasteiger partial charge on any atom is -0.389 e. The van der Waals surface area contributed by atoms with Crippen LogP contribution in [0.1, 0.15) is 35.7 Å². The molecule has 100 valence electrons. The molecule has 1 aliphatic carbocycles. The fourth-order valence-corrected chi connectivity index (χ4v) is 2.40. The van der Waals surface area contributed by atoms with Gasteiger partial charge in [-0.3, -0.25) is 4.79 Å². The molecule has 2 heteroatoms. The molecule has 0 spiro atoms. The molecule has 19 heavy (non-hydrogen) atoms. The largest absolute Gasteiger partial charge is 0.389 e. The maximum absolute atomic E-state index is 12.0. The quantitative estimate of drug-likeness (QED) is 0.664. The van der Waals surface area contributed by atoms with Crippen molar-refractivity contribution in [1.29, 1.82) is 0 Å². The minimum atomic E-state index is -0.377. The highest BCUT2D eigenvalue weighted by Gasteiger charge is 2.15. The molecule has 0 aromatic heterocycles. The van der Waals surface area contributed by atoms with Gasteiger partial charge in [-0.25, -0.2) is 0 Å². The minimum absolute atomic E-state index is 0.00798. The van der Waals surface area contributed by atoms with Gasteiger partial charge in [-0.15, -0.1) is 0 Å². The predicted octanol–water partition coefficient (Wildman–Crippen LogP) is 3.45. The van der Waals surface area contributed by atoms with Crippen molar-refractivity contribution in [2.45, 2.75) is 32.8 Å². The third-order valence-electron chi connectivity index (χ3n) is 3.42. The zero-order chi connectivity index (χ0) is 13.8. The SMILES string of the molecule is Cc1ccc(C(=O)/C=C/C2=CC(O)CC(C)C2)cc1. The number of hydrogen-bond acceptors (Lipinski definition) is 2. The Morgan fingerprint density at radius 2 is 2.00 bits per heavy atom. The van der Waals surface area contributed by atoms with Gasteiger partial charge in [0.2, 0.25) is 0 Å². The predicted molar refractivity (Wildman–Crippen MR) is 77.1 cm³/mol. The standard InChI is InChI=1S/C17H20O2/c1-12-3-6-15(7-4-12)17(19)8-5-14-9-13(2)10-16(18)11-14/h3-8,11,13,16,18H,9-10H2,1-2H3/b8-5+. The third-order valence-corrected chi connectivity index (χ3v) is 3.42. The van der Waals surface area contributed by atoms with Crippen LogP contribution in [0.15, 0.2) is 48.1 Å². The van der Waals surface area contributed by atoms with Crippen LogP contribution in [-0.4, -0.2) is 17.0 Å². The summed E-state index contributed by atoms with van der Waals surface area (Å²) in [6, 6.07) is 7.56. The van der Waals surface area contributed by atoms with Gasteiger partial charge in [0.1, 0.15) is 0 Å². The van der Waals surface area contributed by atoms with Gasteiger partial charge in [0.25, 0.3) is 0 Å². The Labute approximate surface area is 114 Å². The third kappa shape index (κ3) is 3.90. The van der Waals surface area contributed by atoms with Crippen LogP contribution in [0.2, 0.25) is 0 Å². The molecule has 0 fully saturated rings. The van der Waals surface area contributed by atoms with Crippen LogP contribution >= 0.6 is 0 Å². The van der Waals surface area contributed by atoms with Crippen LogP contribution < -0.4 is 0 Å². The first-order valence-electron chi connectivity index (χ1n) is 6.72. The van der Waals surface area contributed by atoms with Crippen LogP contribution in [0, 0.1) is 12.8 Å². The number of carbonyl (C=O) groups is 1. The molecule has 0 saturated carbocycles. The Bertz CT molecular complexity index is 509. The molecule has 1 aromatic carbocycles. The van der Waals surface area contributed by atoms with E-state index >= 15 is 0 Å². The molecular formula is C17H20O2. The molecule has 0 heterocycles. The molecular weight excluding hydrogens is 236 g/mol. The van der Waals surface area contributed by atoms with Crippen molar-refractivity contribution in [3.8, 4) is 0 Å². The molecule has 2 nitrogen and oxygen atoms in total. The number of ketones is 1. The van der Waals surface area contributed by atoms with Crippen LogP contribution in [-0.2, 0) is 0 Å². The van der Waals surface area contributed by atoms with Gasteiger partial charge in [-0.2, -0.15) is 0 Å². The summed E-state index contributed by atoms with van der Waals surface area (Å²) in [7, 11) is 0. The first-order chi connectivity index (χ1) is 9.04. The molecule has 0 bridgehead atoms. The highest BCUT2D eigenvalue weighted by molar-refractivity contribution is 6.04. The van der Waals surface area contributed by atoms with E-state index in [1.165, 1.54) is 0 Å². The van der Waals surface area contributed by atoms with Crippen LogP contribution in [0.4, 0.5) is 0 Å². The Hall–Kier alpha value is -1.67. The number of carbonyl (C=O) groups excluding carboxylic acids is 1. The van der Waals surface area contributed by atoms with Crippen LogP contribution in [0.25, 0.3) is 0 Å². The Morgan fingerprint density at radius 1 is 1.32 bits per heavy atom. The Morgan fingerprint density at radius 3 is 2.63 bits per heavy atom. The van der Waals surface area contributed by atoms with E-state index < -0.39 is 0 Å². The summed E-state index contributed by atoms with van der Waals surface area (Å²) >= 11 is 0.